The molecule has 0 atom stereocenters. The highest BCUT2D eigenvalue weighted by Crippen LogP contribution is 2.20. The van der Waals surface area contributed by atoms with Crippen molar-refractivity contribution in [3.8, 4) is 5.75 Å². The first kappa shape index (κ1) is 14.1. The molecule has 1 N–H and O–H groups in total. The Morgan fingerprint density at radius 2 is 2.21 bits per heavy atom. The van der Waals surface area contributed by atoms with Gasteiger partial charge in [-0.25, -0.2) is 4.39 Å². The van der Waals surface area contributed by atoms with Gasteiger partial charge in [-0.15, -0.1) is 0 Å². The number of halogens is 2. The van der Waals surface area contributed by atoms with Crippen molar-refractivity contribution >= 4 is 17.5 Å². The lowest BCUT2D eigenvalue weighted by Gasteiger charge is -2.23. The summed E-state index contributed by atoms with van der Waals surface area (Å²) in [4.78, 5) is 11.6. The predicted molar refractivity (Wildman–Crippen MR) is 68.9 cm³/mol. The molecule has 0 spiro atoms. The zero-order valence-electron chi connectivity index (χ0n) is 10.3. The zero-order chi connectivity index (χ0) is 13.7. The smallest absolute Gasteiger partial charge is 0.258 e. The maximum Gasteiger partial charge on any atom is 0.258 e. The van der Waals surface area contributed by atoms with E-state index in [1.165, 1.54) is 12.1 Å². The standard InChI is InChI=1S/C13H15ClFNO3/c14-11-2-1-10(7-12(11)15)19-8-13(17)16-9-3-5-18-6-4-9/h1-2,7,9H,3-6,8H2,(H,16,17). The Morgan fingerprint density at radius 3 is 2.89 bits per heavy atom. The molecule has 1 amide bonds. The fourth-order valence-corrected chi connectivity index (χ4v) is 1.94. The summed E-state index contributed by atoms with van der Waals surface area (Å²) < 4.78 is 23.6. The Labute approximate surface area is 115 Å². The number of amides is 1. The quantitative estimate of drug-likeness (QED) is 0.923. The first-order valence-electron chi connectivity index (χ1n) is 6.10. The summed E-state index contributed by atoms with van der Waals surface area (Å²) in [5.74, 6) is -0.504. The van der Waals surface area contributed by atoms with Crippen LogP contribution in [0.2, 0.25) is 5.02 Å². The van der Waals surface area contributed by atoms with Crippen LogP contribution < -0.4 is 10.1 Å². The van der Waals surface area contributed by atoms with Crippen molar-refractivity contribution in [1.82, 2.24) is 5.32 Å². The second-order valence-electron chi connectivity index (χ2n) is 4.32. The molecular weight excluding hydrogens is 273 g/mol. The summed E-state index contributed by atoms with van der Waals surface area (Å²) in [5.41, 5.74) is 0. The number of nitrogens with one attached hydrogen (secondary N) is 1. The van der Waals surface area contributed by atoms with Gasteiger partial charge in [0.15, 0.2) is 6.61 Å². The Kier molecular flexibility index (Phi) is 4.99. The van der Waals surface area contributed by atoms with Crippen LogP contribution in [0.15, 0.2) is 18.2 Å². The van der Waals surface area contributed by atoms with Crippen molar-refractivity contribution in [1.29, 1.82) is 0 Å². The molecule has 0 bridgehead atoms. The molecule has 1 fully saturated rings. The highest BCUT2D eigenvalue weighted by molar-refractivity contribution is 6.30. The molecule has 1 heterocycles. The average molecular weight is 288 g/mol. The minimum absolute atomic E-state index is 0.0269. The van der Waals surface area contributed by atoms with Crippen molar-refractivity contribution in [2.24, 2.45) is 0 Å². The monoisotopic (exact) mass is 287 g/mol. The Morgan fingerprint density at radius 1 is 1.47 bits per heavy atom. The van der Waals surface area contributed by atoms with E-state index in [9.17, 15) is 9.18 Å². The summed E-state index contributed by atoms with van der Waals surface area (Å²) in [5, 5.41) is 2.88. The number of ether oxygens (including phenoxy) is 2. The molecule has 0 aliphatic carbocycles. The number of carbonyl (C=O) groups is 1. The van der Waals surface area contributed by atoms with Gasteiger partial charge in [-0.1, -0.05) is 11.6 Å². The van der Waals surface area contributed by atoms with E-state index in [4.69, 9.17) is 21.1 Å². The molecule has 6 heteroatoms. The normalized spacial score (nSPS) is 16.1. The van der Waals surface area contributed by atoms with E-state index in [2.05, 4.69) is 5.32 Å². The highest BCUT2D eigenvalue weighted by Gasteiger charge is 2.16. The number of hydrogen-bond acceptors (Lipinski definition) is 3. The maximum atomic E-state index is 13.1. The molecule has 1 aliphatic rings. The molecule has 0 saturated carbocycles. The molecule has 1 aromatic carbocycles. The van der Waals surface area contributed by atoms with Crippen LogP contribution in [-0.2, 0) is 9.53 Å². The van der Waals surface area contributed by atoms with Crippen LogP contribution in [0.3, 0.4) is 0 Å². The lowest BCUT2D eigenvalue weighted by atomic mass is 10.1. The van der Waals surface area contributed by atoms with Gasteiger partial charge in [0.1, 0.15) is 11.6 Å². The van der Waals surface area contributed by atoms with Gasteiger partial charge < -0.3 is 14.8 Å². The van der Waals surface area contributed by atoms with Crippen molar-refractivity contribution in [3.63, 3.8) is 0 Å². The second-order valence-corrected chi connectivity index (χ2v) is 4.73. The van der Waals surface area contributed by atoms with Gasteiger partial charge in [0, 0.05) is 25.3 Å². The summed E-state index contributed by atoms with van der Waals surface area (Å²) >= 11 is 5.55. The maximum absolute atomic E-state index is 13.1. The third-order valence-corrected chi connectivity index (χ3v) is 3.15. The summed E-state index contributed by atoms with van der Waals surface area (Å²) in [7, 11) is 0. The van der Waals surface area contributed by atoms with Crippen LogP contribution in [0, 0.1) is 5.82 Å². The minimum Gasteiger partial charge on any atom is -0.484 e. The first-order valence-corrected chi connectivity index (χ1v) is 6.48. The SMILES string of the molecule is O=C(COc1ccc(Cl)c(F)c1)NC1CCOCC1. The number of rotatable bonds is 4. The van der Waals surface area contributed by atoms with Crippen LogP contribution in [0.4, 0.5) is 4.39 Å². The van der Waals surface area contributed by atoms with Crippen LogP contribution in [0.25, 0.3) is 0 Å². The first-order chi connectivity index (χ1) is 9.15. The Bertz CT molecular complexity index is 450. The molecule has 19 heavy (non-hydrogen) atoms. The molecule has 0 aromatic heterocycles. The van der Waals surface area contributed by atoms with Crippen molar-refractivity contribution in [2.75, 3.05) is 19.8 Å². The van der Waals surface area contributed by atoms with E-state index in [0.29, 0.717) is 13.2 Å². The number of benzene rings is 1. The largest absolute Gasteiger partial charge is 0.484 e. The number of carbonyl (C=O) groups excluding carboxylic acids is 1. The van der Waals surface area contributed by atoms with Gasteiger partial charge in [0.05, 0.1) is 5.02 Å². The van der Waals surface area contributed by atoms with E-state index in [0.717, 1.165) is 18.9 Å². The second kappa shape index (κ2) is 6.73. The molecule has 0 radical (unpaired) electrons. The molecule has 0 unspecified atom stereocenters. The highest BCUT2D eigenvalue weighted by atomic mass is 35.5. The van der Waals surface area contributed by atoms with E-state index in [1.807, 2.05) is 0 Å². The van der Waals surface area contributed by atoms with Crippen LogP contribution in [0.5, 0.6) is 5.75 Å². The van der Waals surface area contributed by atoms with Gasteiger partial charge in [0.25, 0.3) is 5.91 Å². The van der Waals surface area contributed by atoms with Crippen LogP contribution >= 0.6 is 11.6 Å². The molecule has 1 aromatic rings. The Hall–Kier alpha value is -1.33. The van der Waals surface area contributed by atoms with Gasteiger partial charge in [-0.05, 0) is 25.0 Å². The fourth-order valence-electron chi connectivity index (χ4n) is 1.83. The molecule has 1 aliphatic heterocycles. The van der Waals surface area contributed by atoms with Crippen molar-refractivity contribution in [3.05, 3.63) is 29.0 Å². The number of hydrogen-bond donors (Lipinski definition) is 1. The van der Waals surface area contributed by atoms with E-state index in [1.54, 1.807) is 0 Å². The average Bonchev–Trinajstić information content (AvgIpc) is 2.41. The zero-order valence-corrected chi connectivity index (χ0v) is 11.1. The summed E-state index contributed by atoms with van der Waals surface area (Å²) in [6.45, 7) is 1.18. The minimum atomic E-state index is -0.566. The topological polar surface area (TPSA) is 47.6 Å². The summed E-state index contributed by atoms with van der Waals surface area (Å²) in [6.07, 6.45) is 1.61. The molecular formula is C13H15ClFNO3. The third-order valence-electron chi connectivity index (χ3n) is 2.85. The lowest BCUT2D eigenvalue weighted by molar-refractivity contribution is -0.124. The molecule has 2 rings (SSSR count). The summed E-state index contributed by atoms with van der Waals surface area (Å²) in [6, 6.07) is 4.20. The lowest BCUT2D eigenvalue weighted by Crippen LogP contribution is -2.41. The third kappa shape index (κ3) is 4.36. The van der Waals surface area contributed by atoms with Gasteiger partial charge in [0.2, 0.25) is 0 Å². The van der Waals surface area contributed by atoms with Gasteiger partial charge >= 0.3 is 0 Å². The van der Waals surface area contributed by atoms with Gasteiger partial charge in [-0.2, -0.15) is 0 Å². The molecule has 1 saturated heterocycles. The van der Waals surface area contributed by atoms with Crippen LogP contribution in [-0.4, -0.2) is 31.8 Å². The van der Waals surface area contributed by atoms with E-state index >= 15 is 0 Å². The van der Waals surface area contributed by atoms with E-state index in [-0.39, 0.29) is 29.3 Å². The van der Waals surface area contributed by atoms with Crippen LogP contribution in [0.1, 0.15) is 12.8 Å². The van der Waals surface area contributed by atoms with E-state index < -0.39 is 5.82 Å². The predicted octanol–water partition coefficient (Wildman–Crippen LogP) is 2.15. The Balaban J connectivity index is 1.77. The van der Waals surface area contributed by atoms with Crippen molar-refractivity contribution < 1.29 is 18.7 Å². The molecule has 104 valence electrons. The van der Waals surface area contributed by atoms with Gasteiger partial charge in [-0.3, -0.25) is 4.79 Å². The van der Waals surface area contributed by atoms with Crippen molar-refractivity contribution in [2.45, 2.75) is 18.9 Å². The molecule has 4 nitrogen and oxygen atoms in total. The fraction of sp³-hybridized carbons (Fsp3) is 0.462.